The number of amides is 1. The van der Waals surface area contributed by atoms with Crippen molar-refractivity contribution in [2.75, 3.05) is 40.0 Å². The normalized spacial score (nSPS) is 14.2. The highest BCUT2D eigenvalue weighted by atomic mass is 16.5. The summed E-state index contributed by atoms with van der Waals surface area (Å²) in [5.74, 6) is -0.401. The number of rotatable bonds is 14. The lowest BCUT2D eigenvalue weighted by Gasteiger charge is -2.14. The maximum absolute atomic E-state index is 11.0. The molecule has 0 spiro atoms. The molecule has 6 N–H and O–H groups in total. The van der Waals surface area contributed by atoms with Crippen molar-refractivity contribution in [2.24, 2.45) is 5.73 Å². The molecule has 2 atom stereocenters. The Hall–Kier alpha value is -0.730. The Bertz CT molecular complexity index is 242. The zero-order valence-corrected chi connectivity index (χ0v) is 12.3. The fourth-order valence-corrected chi connectivity index (χ4v) is 1.74. The summed E-state index contributed by atoms with van der Waals surface area (Å²) in [4.78, 5) is 11.0. The number of aliphatic hydroxyl groups excluding tert-OH is 2. The van der Waals surface area contributed by atoms with Crippen molar-refractivity contribution in [1.82, 2.24) is 10.6 Å². The number of unbranched alkanes of at least 4 members (excludes halogenated alkanes) is 1. The molecule has 0 saturated heterocycles. The molecule has 0 aromatic carbocycles. The molecular weight excluding hydrogens is 262 g/mol. The fraction of sp³-hybridized carbons (Fsp3) is 0.923. The van der Waals surface area contributed by atoms with E-state index in [-0.39, 0.29) is 13.2 Å². The Labute approximate surface area is 120 Å². The predicted molar refractivity (Wildman–Crippen MR) is 77.3 cm³/mol. The Morgan fingerprint density at radius 1 is 1.25 bits per heavy atom. The quantitative estimate of drug-likeness (QED) is 0.251. The highest BCUT2D eigenvalue weighted by molar-refractivity contribution is 5.79. The van der Waals surface area contributed by atoms with Gasteiger partial charge in [-0.05, 0) is 45.3 Å². The van der Waals surface area contributed by atoms with Gasteiger partial charge in [0.1, 0.15) is 6.04 Å². The Kier molecular flexibility index (Phi) is 12.8. The number of primary amides is 1. The zero-order valence-electron chi connectivity index (χ0n) is 12.3. The summed E-state index contributed by atoms with van der Waals surface area (Å²) in [5, 5.41) is 24.1. The summed E-state index contributed by atoms with van der Waals surface area (Å²) >= 11 is 0. The van der Waals surface area contributed by atoms with Gasteiger partial charge in [-0.25, -0.2) is 0 Å². The van der Waals surface area contributed by atoms with E-state index >= 15 is 0 Å². The monoisotopic (exact) mass is 291 g/mol. The van der Waals surface area contributed by atoms with Crippen molar-refractivity contribution in [3.8, 4) is 0 Å². The number of carbonyl (C=O) groups excluding carboxylic acids is 1. The number of nitrogens with two attached hydrogens (primary N) is 1. The van der Waals surface area contributed by atoms with Crippen LogP contribution < -0.4 is 16.4 Å². The summed E-state index contributed by atoms with van der Waals surface area (Å²) in [6.07, 6.45) is 2.80. The van der Waals surface area contributed by atoms with Crippen LogP contribution in [-0.4, -0.2) is 68.2 Å². The third-order valence-electron chi connectivity index (χ3n) is 2.95. The van der Waals surface area contributed by atoms with E-state index < -0.39 is 18.1 Å². The van der Waals surface area contributed by atoms with Crippen LogP contribution >= 0.6 is 0 Å². The topological polar surface area (TPSA) is 117 Å². The van der Waals surface area contributed by atoms with E-state index in [0.29, 0.717) is 13.0 Å². The average Bonchev–Trinajstić information content (AvgIpc) is 2.43. The summed E-state index contributed by atoms with van der Waals surface area (Å²) < 4.78 is 4.90. The Morgan fingerprint density at radius 3 is 2.55 bits per heavy atom. The summed E-state index contributed by atoms with van der Waals surface area (Å²) in [5.41, 5.74) is 5.22. The molecule has 0 aliphatic heterocycles. The molecule has 0 fully saturated rings. The molecule has 0 aliphatic carbocycles. The van der Waals surface area contributed by atoms with Gasteiger partial charge in [0.05, 0.1) is 19.3 Å². The van der Waals surface area contributed by atoms with Crippen molar-refractivity contribution in [3.05, 3.63) is 0 Å². The van der Waals surface area contributed by atoms with E-state index in [1.165, 1.54) is 7.11 Å². The van der Waals surface area contributed by atoms with E-state index in [0.717, 1.165) is 32.4 Å². The van der Waals surface area contributed by atoms with Crippen LogP contribution in [0, 0.1) is 0 Å². The average molecular weight is 291 g/mol. The van der Waals surface area contributed by atoms with Gasteiger partial charge in [-0.1, -0.05) is 0 Å². The van der Waals surface area contributed by atoms with Gasteiger partial charge in [-0.15, -0.1) is 0 Å². The highest BCUT2D eigenvalue weighted by Crippen LogP contribution is 1.98. The second-order valence-corrected chi connectivity index (χ2v) is 4.80. The third kappa shape index (κ3) is 11.1. The summed E-state index contributed by atoms with van der Waals surface area (Å²) in [7, 11) is 1.53. The van der Waals surface area contributed by atoms with E-state index in [1.807, 2.05) is 0 Å². The van der Waals surface area contributed by atoms with Crippen LogP contribution in [0.1, 0.15) is 25.7 Å². The van der Waals surface area contributed by atoms with Crippen LogP contribution in [-0.2, 0) is 9.53 Å². The summed E-state index contributed by atoms with van der Waals surface area (Å²) in [6.45, 7) is 2.56. The second kappa shape index (κ2) is 13.3. The summed E-state index contributed by atoms with van der Waals surface area (Å²) in [6, 6.07) is -0.431. The van der Waals surface area contributed by atoms with Crippen molar-refractivity contribution in [2.45, 2.75) is 37.8 Å². The van der Waals surface area contributed by atoms with Crippen LogP contribution in [0.4, 0.5) is 0 Å². The minimum Gasteiger partial charge on any atom is -0.394 e. The molecule has 120 valence electrons. The van der Waals surface area contributed by atoms with Crippen LogP contribution in [0.5, 0.6) is 0 Å². The first-order valence-electron chi connectivity index (χ1n) is 7.13. The molecule has 0 radical (unpaired) electrons. The molecule has 0 heterocycles. The van der Waals surface area contributed by atoms with Gasteiger partial charge in [-0.3, -0.25) is 4.79 Å². The Balaban J connectivity index is 3.33. The van der Waals surface area contributed by atoms with E-state index in [2.05, 4.69) is 10.6 Å². The maximum Gasteiger partial charge on any atom is 0.236 e. The lowest BCUT2D eigenvalue weighted by molar-refractivity contribution is -0.121. The number of methoxy groups -OCH3 is 1. The number of carbonyl (C=O) groups is 1. The molecular formula is C13H29N3O4. The minimum atomic E-state index is -0.592. The van der Waals surface area contributed by atoms with Crippen LogP contribution in [0.2, 0.25) is 0 Å². The second-order valence-electron chi connectivity index (χ2n) is 4.80. The zero-order chi connectivity index (χ0) is 15.2. The van der Waals surface area contributed by atoms with Gasteiger partial charge < -0.3 is 31.3 Å². The lowest BCUT2D eigenvalue weighted by atomic mass is 10.1. The molecule has 0 aliphatic rings. The highest BCUT2D eigenvalue weighted by Gasteiger charge is 2.12. The standard InChI is InChI=1S/C13H29N3O4/c1-20-10-12(13(14)19)16-8-4-7-15-6-3-2-5-11(18)9-17/h11-12,15-18H,2-10H2,1H3,(H2,14,19)/t11-,12-/m0/s1. The smallest absolute Gasteiger partial charge is 0.236 e. The SMILES string of the molecule is COC[C@H](NCCCNCCCC[C@H](O)CO)C(N)=O. The fourth-order valence-electron chi connectivity index (χ4n) is 1.74. The number of aliphatic hydroxyl groups is 2. The van der Waals surface area contributed by atoms with Gasteiger partial charge in [0.25, 0.3) is 0 Å². The molecule has 0 aromatic rings. The number of hydrogen-bond donors (Lipinski definition) is 5. The molecule has 20 heavy (non-hydrogen) atoms. The van der Waals surface area contributed by atoms with Crippen LogP contribution in [0.15, 0.2) is 0 Å². The Morgan fingerprint density at radius 2 is 1.95 bits per heavy atom. The molecule has 0 rings (SSSR count). The van der Waals surface area contributed by atoms with E-state index in [9.17, 15) is 4.79 Å². The number of hydrogen-bond acceptors (Lipinski definition) is 6. The largest absolute Gasteiger partial charge is 0.394 e. The van der Waals surface area contributed by atoms with Crippen molar-refractivity contribution in [3.63, 3.8) is 0 Å². The van der Waals surface area contributed by atoms with Crippen molar-refractivity contribution >= 4 is 5.91 Å². The number of ether oxygens (including phenoxy) is 1. The van der Waals surface area contributed by atoms with Gasteiger partial charge >= 0.3 is 0 Å². The van der Waals surface area contributed by atoms with Gasteiger partial charge in [0.2, 0.25) is 5.91 Å². The minimum absolute atomic E-state index is 0.165. The third-order valence-corrected chi connectivity index (χ3v) is 2.95. The van der Waals surface area contributed by atoms with E-state index in [4.69, 9.17) is 20.7 Å². The maximum atomic E-state index is 11.0. The molecule has 0 unspecified atom stereocenters. The molecule has 0 saturated carbocycles. The van der Waals surface area contributed by atoms with Gasteiger partial charge in [0.15, 0.2) is 0 Å². The predicted octanol–water partition coefficient (Wildman–Crippen LogP) is -1.42. The number of nitrogens with one attached hydrogen (secondary N) is 2. The van der Waals surface area contributed by atoms with Crippen molar-refractivity contribution in [1.29, 1.82) is 0 Å². The first kappa shape index (κ1) is 19.3. The molecule has 0 bridgehead atoms. The molecule has 1 amide bonds. The molecule has 0 aromatic heterocycles. The first-order chi connectivity index (χ1) is 9.61. The lowest BCUT2D eigenvalue weighted by Crippen LogP contribution is -2.45. The van der Waals surface area contributed by atoms with Gasteiger partial charge in [-0.2, -0.15) is 0 Å². The van der Waals surface area contributed by atoms with Crippen LogP contribution in [0.3, 0.4) is 0 Å². The molecule has 7 heteroatoms. The van der Waals surface area contributed by atoms with E-state index in [1.54, 1.807) is 0 Å². The van der Waals surface area contributed by atoms with Gasteiger partial charge in [0, 0.05) is 7.11 Å². The van der Waals surface area contributed by atoms with Crippen LogP contribution in [0.25, 0.3) is 0 Å². The van der Waals surface area contributed by atoms with Crippen molar-refractivity contribution < 1.29 is 19.7 Å². The molecule has 7 nitrogen and oxygen atoms in total. The first-order valence-corrected chi connectivity index (χ1v) is 7.13.